The van der Waals surface area contributed by atoms with Crippen LogP contribution in [0.5, 0.6) is 0 Å². The van der Waals surface area contributed by atoms with Gasteiger partial charge in [0, 0.05) is 18.7 Å². The van der Waals surface area contributed by atoms with Crippen molar-refractivity contribution in [2.24, 2.45) is 0 Å². The molecule has 0 bridgehead atoms. The van der Waals surface area contributed by atoms with Crippen LogP contribution >= 0.6 is 0 Å². The van der Waals surface area contributed by atoms with E-state index in [1.165, 1.54) is 11.1 Å². The number of nitrogens with one attached hydrogen (secondary N) is 6. The Hall–Kier alpha value is -6.08. The summed E-state index contributed by atoms with van der Waals surface area (Å²) in [6, 6.07) is 18.5. The second kappa shape index (κ2) is 23.1. The largest absolute Gasteiger partial charge is 0.366 e. The Morgan fingerprint density at radius 1 is 0.642 bits per heavy atom. The first-order valence-corrected chi connectivity index (χ1v) is 24.0. The average Bonchev–Trinajstić information content (AvgIpc) is 4.06. The van der Waals surface area contributed by atoms with Gasteiger partial charge in [0.1, 0.15) is 30.8 Å². The minimum atomic E-state index is -1.05. The zero-order chi connectivity index (χ0) is 47.5. The van der Waals surface area contributed by atoms with E-state index in [-0.39, 0.29) is 54.8 Å². The first-order chi connectivity index (χ1) is 32.5. The SMILES string of the molecule is CNC(C)C(=O)NC(COCC#Cc1ccc(C(NC(=O)C(C)NC)C(=O)N2CCCC2C(=O)NC2CCCc3ccccc32)cc1)C(=O)N1CCCC1C(=O)NC1CCCc2ccccc21. The Kier molecular flexibility index (Phi) is 16.8. The highest BCUT2D eigenvalue weighted by Crippen LogP contribution is 2.32. The predicted molar refractivity (Wildman–Crippen MR) is 254 cm³/mol. The quantitative estimate of drug-likeness (QED) is 0.0926. The molecule has 2 aliphatic carbocycles. The van der Waals surface area contributed by atoms with E-state index < -0.39 is 42.2 Å². The van der Waals surface area contributed by atoms with Gasteiger partial charge in [-0.1, -0.05) is 72.5 Å². The molecule has 7 rings (SSSR count). The molecule has 2 saturated heterocycles. The highest BCUT2D eigenvalue weighted by molar-refractivity contribution is 5.95. The molecule has 4 aliphatic rings. The Labute approximate surface area is 394 Å². The van der Waals surface area contributed by atoms with Crippen LogP contribution in [0, 0.1) is 11.8 Å². The fourth-order valence-electron chi connectivity index (χ4n) is 9.73. The van der Waals surface area contributed by atoms with Crippen molar-refractivity contribution >= 4 is 35.4 Å². The fourth-order valence-corrected chi connectivity index (χ4v) is 9.73. The lowest BCUT2D eigenvalue weighted by Gasteiger charge is -2.32. The number of aryl methyl sites for hydroxylation is 2. The number of carbonyl (C=O) groups is 6. The topological polar surface area (TPSA) is 190 Å². The maximum Gasteiger partial charge on any atom is 0.250 e. The van der Waals surface area contributed by atoms with Crippen molar-refractivity contribution < 1.29 is 33.5 Å². The first-order valence-electron chi connectivity index (χ1n) is 24.0. The number of rotatable bonds is 16. The Bertz CT molecular complexity index is 2330. The molecule has 67 heavy (non-hydrogen) atoms. The third kappa shape index (κ3) is 11.9. The number of hydrogen-bond acceptors (Lipinski definition) is 9. The fraction of sp³-hybridized carbons (Fsp3) is 0.500. The molecule has 356 valence electrons. The van der Waals surface area contributed by atoms with Gasteiger partial charge < -0.3 is 46.4 Å². The van der Waals surface area contributed by atoms with Crippen molar-refractivity contribution in [2.45, 2.75) is 126 Å². The summed E-state index contributed by atoms with van der Waals surface area (Å²) in [7, 11) is 3.33. The smallest absolute Gasteiger partial charge is 0.250 e. The lowest BCUT2D eigenvalue weighted by Crippen LogP contribution is -2.57. The molecule has 15 nitrogen and oxygen atoms in total. The standard InChI is InChI=1S/C52H66N8O7/c1-33(53-3)47(61)57-43(51(65)59-29-11-23-44(59)49(63)55-41-21-9-17-36-15-5-7-19-39(36)41)32-67-31-13-14-35-25-27-38(28-26-35)46(58-48(62)34(2)54-4)52(66)60-30-12-24-45(60)50(64)56-42-22-10-18-37-16-6-8-20-40(37)42/h5-8,15-16,19-20,25-28,33-34,41-46,53-54H,9-12,17-18,21-24,29-32H2,1-4H3,(H,55,63)(H,56,64)(H,57,61)(H,58,62). The van der Waals surface area contributed by atoms with Crippen LogP contribution in [0.25, 0.3) is 0 Å². The van der Waals surface area contributed by atoms with Gasteiger partial charge in [-0.05, 0) is 132 Å². The van der Waals surface area contributed by atoms with Crippen LogP contribution in [0.2, 0.25) is 0 Å². The van der Waals surface area contributed by atoms with Crippen LogP contribution < -0.4 is 31.9 Å². The average molecular weight is 915 g/mol. The van der Waals surface area contributed by atoms with Crippen molar-refractivity contribution in [3.05, 3.63) is 106 Å². The second-order valence-corrected chi connectivity index (χ2v) is 18.1. The maximum absolute atomic E-state index is 14.4. The second-order valence-electron chi connectivity index (χ2n) is 18.1. The number of carbonyl (C=O) groups excluding carboxylic acids is 6. The summed E-state index contributed by atoms with van der Waals surface area (Å²) in [6.07, 6.45) is 7.91. The molecular formula is C52H66N8O7. The van der Waals surface area contributed by atoms with E-state index in [9.17, 15) is 28.8 Å². The first kappa shape index (κ1) is 48.8. The predicted octanol–water partition coefficient (Wildman–Crippen LogP) is 3.28. The van der Waals surface area contributed by atoms with Gasteiger partial charge in [-0.25, -0.2) is 0 Å². The third-order valence-electron chi connectivity index (χ3n) is 13.8. The van der Waals surface area contributed by atoms with E-state index in [4.69, 9.17) is 4.74 Å². The van der Waals surface area contributed by atoms with E-state index in [0.29, 0.717) is 49.9 Å². The Balaban J connectivity index is 0.986. The molecule has 15 heteroatoms. The minimum Gasteiger partial charge on any atom is -0.366 e. The zero-order valence-corrected chi connectivity index (χ0v) is 39.2. The van der Waals surface area contributed by atoms with Gasteiger partial charge in [-0.3, -0.25) is 28.8 Å². The molecule has 3 aromatic rings. The Morgan fingerprint density at radius 2 is 1.15 bits per heavy atom. The van der Waals surface area contributed by atoms with Crippen molar-refractivity contribution in [3.8, 4) is 11.8 Å². The summed E-state index contributed by atoms with van der Waals surface area (Å²) in [6.45, 7) is 3.96. The van der Waals surface area contributed by atoms with Gasteiger partial charge >= 0.3 is 0 Å². The van der Waals surface area contributed by atoms with E-state index in [2.05, 4.69) is 68.0 Å². The molecule has 2 aliphatic heterocycles. The molecular weight excluding hydrogens is 849 g/mol. The van der Waals surface area contributed by atoms with Crippen LogP contribution in [0.3, 0.4) is 0 Å². The molecule has 2 fully saturated rings. The van der Waals surface area contributed by atoms with Gasteiger partial charge in [-0.15, -0.1) is 0 Å². The summed E-state index contributed by atoms with van der Waals surface area (Å²) in [5, 5.41) is 18.0. The number of nitrogens with zero attached hydrogens (tertiary/aromatic N) is 2. The lowest BCUT2D eigenvalue weighted by molar-refractivity contribution is -0.143. The number of benzene rings is 3. The summed E-state index contributed by atoms with van der Waals surface area (Å²) < 4.78 is 5.90. The van der Waals surface area contributed by atoms with Crippen LogP contribution in [0.15, 0.2) is 72.8 Å². The normalized spacial score (nSPS) is 21.6. The molecule has 8 unspecified atom stereocenters. The van der Waals surface area contributed by atoms with Crippen LogP contribution in [0.1, 0.15) is 117 Å². The molecule has 0 saturated carbocycles. The van der Waals surface area contributed by atoms with Crippen molar-refractivity contribution in [1.82, 2.24) is 41.7 Å². The van der Waals surface area contributed by atoms with Gasteiger partial charge in [0.2, 0.25) is 35.4 Å². The highest BCUT2D eigenvalue weighted by atomic mass is 16.5. The summed E-state index contributed by atoms with van der Waals surface area (Å²) in [5.41, 5.74) is 5.87. The number of hydrogen-bond donors (Lipinski definition) is 6. The molecule has 3 aromatic carbocycles. The molecule has 0 radical (unpaired) electrons. The van der Waals surface area contributed by atoms with Crippen LogP contribution in [-0.2, 0) is 46.3 Å². The van der Waals surface area contributed by atoms with E-state index >= 15 is 0 Å². The van der Waals surface area contributed by atoms with Crippen molar-refractivity contribution in [2.75, 3.05) is 40.4 Å². The summed E-state index contributed by atoms with van der Waals surface area (Å²) >= 11 is 0. The van der Waals surface area contributed by atoms with Crippen molar-refractivity contribution in [1.29, 1.82) is 0 Å². The minimum absolute atomic E-state index is 0.0576. The summed E-state index contributed by atoms with van der Waals surface area (Å²) in [4.78, 5) is 85.5. The van der Waals surface area contributed by atoms with Gasteiger partial charge in [-0.2, -0.15) is 0 Å². The molecule has 0 aromatic heterocycles. The monoisotopic (exact) mass is 915 g/mol. The number of likely N-dealkylation sites (tertiary alicyclic amines) is 2. The Morgan fingerprint density at radius 3 is 1.69 bits per heavy atom. The number of ether oxygens (including phenoxy) is 1. The number of likely N-dealkylation sites (N-methyl/N-ethyl adjacent to an activating group) is 2. The van der Waals surface area contributed by atoms with Crippen molar-refractivity contribution in [3.63, 3.8) is 0 Å². The van der Waals surface area contributed by atoms with E-state index in [1.807, 2.05) is 24.3 Å². The molecule has 2 heterocycles. The van der Waals surface area contributed by atoms with Crippen LogP contribution in [0.4, 0.5) is 0 Å². The zero-order valence-electron chi connectivity index (χ0n) is 39.2. The summed E-state index contributed by atoms with van der Waals surface area (Å²) in [5.74, 6) is 4.16. The third-order valence-corrected chi connectivity index (χ3v) is 13.8. The van der Waals surface area contributed by atoms with Gasteiger partial charge in [0.05, 0.1) is 30.8 Å². The highest BCUT2D eigenvalue weighted by Gasteiger charge is 2.41. The van der Waals surface area contributed by atoms with Gasteiger partial charge in [0.15, 0.2) is 0 Å². The number of fused-ring (bicyclic) bond motifs is 2. The van der Waals surface area contributed by atoms with Crippen LogP contribution in [-0.4, -0.2) is 116 Å². The maximum atomic E-state index is 14.4. The van der Waals surface area contributed by atoms with E-state index in [0.717, 1.165) is 49.7 Å². The lowest BCUT2D eigenvalue weighted by atomic mass is 9.87. The molecule has 6 N–H and O–H groups in total. The van der Waals surface area contributed by atoms with Gasteiger partial charge in [0.25, 0.3) is 0 Å². The molecule has 6 amide bonds. The van der Waals surface area contributed by atoms with E-state index in [1.54, 1.807) is 62.0 Å². The molecule has 0 spiro atoms. The number of amides is 6. The molecule has 8 atom stereocenters.